The predicted molar refractivity (Wildman–Crippen MR) is 295 cm³/mol. The average molecular weight is 1670 g/mol. The van der Waals surface area contributed by atoms with Crippen LogP contribution in [-0.4, -0.2) is 516 Å². The van der Waals surface area contributed by atoms with Gasteiger partial charge >= 0.3 is 20.1 Å². The monoisotopic (exact) mass is 1670 g/mol. The summed E-state index contributed by atoms with van der Waals surface area (Å²) < 4.78 is 0. The van der Waals surface area contributed by atoms with Crippen LogP contribution in [0, 0.1) is 0 Å². The van der Waals surface area contributed by atoms with Crippen LogP contribution in [0.15, 0.2) is 0 Å². The normalized spacial score (nSPS) is 21.3. The molecular weight excluding hydrogens is 1580 g/mol. The summed E-state index contributed by atoms with van der Waals surface area (Å²) in [6, 6.07) is 0. The van der Waals surface area contributed by atoms with E-state index in [4.69, 9.17) is 214 Å². The summed E-state index contributed by atoms with van der Waals surface area (Å²) in [7, 11) is 0. The van der Waals surface area contributed by atoms with Crippen LogP contribution in [0.3, 0.4) is 0 Å². The Morgan fingerprint density at radius 2 is 0.217 bits per heavy atom. The van der Waals surface area contributed by atoms with Gasteiger partial charge in [0.15, 0.2) is 0 Å². The van der Waals surface area contributed by atoms with Crippen molar-refractivity contribution >= 4 is 41.8 Å². The SMILES string of the molecule is O=C([O-])[C@H](O)[C@H](O)[C@H](O)[C@@H](O)[C@H](O)CO.O=C([O-])[C@H](O)[C@H](O)[C@H](O)[C@@H](O)[C@H](O)CO.O=C([O-])[C@H](O)[C@H](O)[C@H](O)[C@@H](O)[C@H](O)CO.O=C([O-])[C@H](O)[C@H](O)[C@H](O)[C@@H](O)[C@H](O)CO.O=C([O-])[C@H](O)[C@H](O)[C@H](O)[C@@H](O)[C@H](O)CO.O=C([O-])[C@H](O)[C@H](O)[C@H](O)[C@@H](O)[C@H](O)CO.O=C([O-])[C@H](O)[C@H](O)[C@H](O)[C@@H](O)[C@H](O)CO.[Tc+7]. The van der Waals surface area contributed by atoms with Crippen molar-refractivity contribution in [2.75, 3.05) is 46.2 Å². The molecule has 0 bridgehead atoms. The first kappa shape index (κ1) is 117. The van der Waals surface area contributed by atoms with Gasteiger partial charge < -0.3 is 284 Å². The molecule has 0 heterocycles. The van der Waals surface area contributed by atoms with Gasteiger partial charge in [-0.3, -0.25) is 0 Å². The molecule has 0 radical (unpaired) electrons. The van der Waals surface area contributed by atoms with Crippen LogP contribution in [0.5, 0.6) is 0 Å². The third-order valence-electron chi connectivity index (χ3n) is 12.9. The number of aliphatic hydroxyl groups excluding tert-OH is 42. The van der Waals surface area contributed by atoms with Crippen LogP contribution in [0.2, 0.25) is 0 Å². The van der Waals surface area contributed by atoms with E-state index in [2.05, 4.69) is 0 Å². The minimum atomic E-state index is -2.40. The van der Waals surface area contributed by atoms with Crippen LogP contribution in [0.25, 0.3) is 0 Å². The van der Waals surface area contributed by atoms with Gasteiger partial charge in [-0.1, -0.05) is 0 Å². The molecule has 57 heteroatoms. The predicted octanol–water partition coefficient (Wildman–Crippen LogP) is -38.3. The van der Waals surface area contributed by atoms with Crippen LogP contribution in [0.4, 0.5) is 0 Å². The van der Waals surface area contributed by atoms with Crippen molar-refractivity contribution in [3.63, 3.8) is 0 Å². The fraction of sp³-hybridized carbons (Fsp3) is 0.857. The van der Waals surface area contributed by atoms with Crippen LogP contribution in [-0.2, 0) is 53.7 Å². The molecule has 0 aromatic heterocycles. The molecule has 0 spiro atoms. The second-order valence-corrected chi connectivity index (χ2v) is 20.9. The second-order valence-electron chi connectivity index (χ2n) is 20.9. The van der Waals surface area contributed by atoms with Crippen molar-refractivity contribution in [3.05, 3.63) is 0 Å². The van der Waals surface area contributed by atoms with Crippen molar-refractivity contribution < 1.29 is 304 Å². The van der Waals surface area contributed by atoms with Crippen LogP contribution in [0.1, 0.15) is 0 Å². The Balaban J connectivity index is -0.000000176. The van der Waals surface area contributed by atoms with E-state index in [0.717, 1.165) is 0 Å². The first-order valence-corrected chi connectivity index (χ1v) is 28.3. The van der Waals surface area contributed by atoms with Crippen LogP contribution < -0.4 is 35.7 Å². The molecule has 0 saturated carbocycles. The first-order chi connectivity index (χ1) is 47.8. The van der Waals surface area contributed by atoms with Crippen molar-refractivity contribution in [2.45, 2.75) is 214 Å². The molecule has 56 nitrogen and oxygen atoms in total. The number of carbonyl (C=O) groups is 7. The summed E-state index contributed by atoms with van der Waals surface area (Å²) in [6.45, 7) is -6.28. The molecule has 0 aromatic carbocycles. The number of rotatable bonds is 42. The summed E-state index contributed by atoms with van der Waals surface area (Å²) in [5.74, 6) is -14.2. The fourth-order valence-corrected chi connectivity index (χ4v) is 6.05. The van der Waals surface area contributed by atoms with Crippen molar-refractivity contribution in [3.8, 4) is 0 Å². The van der Waals surface area contributed by atoms with E-state index in [0.29, 0.717) is 0 Å². The van der Waals surface area contributed by atoms with Gasteiger partial charge in [-0.05, 0) is 0 Å². The minimum absolute atomic E-state index is 0. The van der Waals surface area contributed by atoms with E-state index in [1.807, 2.05) is 0 Å². The first-order valence-electron chi connectivity index (χ1n) is 28.3. The fourth-order valence-electron chi connectivity index (χ4n) is 6.05. The van der Waals surface area contributed by atoms with E-state index in [1.165, 1.54) is 0 Å². The Bertz CT molecular complexity index is 1890. The van der Waals surface area contributed by atoms with E-state index < -0.39 is 302 Å². The minimum Gasteiger partial charge on any atom is -0.547 e. The van der Waals surface area contributed by atoms with Gasteiger partial charge in [-0.2, -0.15) is 0 Å². The van der Waals surface area contributed by atoms with E-state index in [1.54, 1.807) is 0 Å². The van der Waals surface area contributed by atoms with E-state index in [9.17, 15) is 69.3 Å². The topological polar surface area (TPSA) is 1130 Å². The molecule has 35 atom stereocenters. The summed E-state index contributed by atoms with van der Waals surface area (Å²) >= 11 is 0. The molecular formula is C49H91O56Tc. The second kappa shape index (κ2) is 60.0. The van der Waals surface area contributed by atoms with E-state index in [-0.39, 0.29) is 20.1 Å². The molecule has 0 aliphatic rings. The number of carboxylic acid groups (broad SMARTS) is 7. The molecule has 0 amide bonds. The van der Waals surface area contributed by atoms with Crippen molar-refractivity contribution in [2.24, 2.45) is 0 Å². The standard InChI is InChI=1S/7C7H14O8.Tc/c7*8-1-2(9)3(10)4(11)5(12)6(13)7(14)15;/h7*2-6,8-13H,1H2,(H,14,15);/q;;;;;;;+7/p-7/t7*2-,3+,4-,5-,6-;/m1111111./s1. The van der Waals surface area contributed by atoms with Gasteiger partial charge in [0.2, 0.25) is 0 Å². The van der Waals surface area contributed by atoms with Gasteiger partial charge in [-0.25, -0.2) is 0 Å². The smallest absolute Gasteiger partial charge is 0.547 e. The molecule has 0 rings (SSSR count). The van der Waals surface area contributed by atoms with E-state index >= 15 is 0 Å². The molecule has 0 aliphatic heterocycles. The molecule has 630 valence electrons. The summed E-state index contributed by atoms with van der Waals surface area (Å²) in [4.78, 5) is 70.6. The van der Waals surface area contributed by atoms with Crippen LogP contribution >= 0.6 is 0 Å². The quantitative estimate of drug-likeness (QED) is 0.0270. The Labute approximate surface area is 604 Å². The zero-order chi connectivity index (χ0) is 85.2. The maximum Gasteiger partial charge on any atom is 7.00 e. The summed E-state index contributed by atoms with van der Waals surface area (Å²) in [6.07, 6.45) is -73.5. The number of aliphatic carboxylic acids is 7. The van der Waals surface area contributed by atoms with Gasteiger partial charge in [0, 0.05) is 0 Å². The zero-order valence-corrected chi connectivity index (χ0v) is 55.4. The molecule has 106 heavy (non-hydrogen) atoms. The number of hydrogen-bond acceptors (Lipinski definition) is 56. The third kappa shape index (κ3) is 43.0. The van der Waals surface area contributed by atoms with Crippen molar-refractivity contribution in [1.82, 2.24) is 0 Å². The molecule has 0 saturated heterocycles. The molecule has 0 fully saturated rings. The molecule has 0 aromatic rings. The van der Waals surface area contributed by atoms with Gasteiger partial charge in [0.05, 0.1) is 88.0 Å². The summed E-state index contributed by atoms with van der Waals surface area (Å²) in [5.41, 5.74) is 0. The Hall–Kier alpha value is -4.74. The average Bonchev–Trinajstić information content (AvgIpc) is 0.921. The van der Waals surface area contributed by atoms with Crippen molar-refractivity contribution in [1.29, 1.82) is 0 Å². The Morgan fingerprint density at radius 1 is 0.151 bits per heavy atom. The number of hydrogen-bond donors (Lipinski definition) is 42. The molecule has 0 unspecified atom stereocenters. The van der Waals surface area contributed by atoms with Gasteiger partial charge in [0.25, 0.3) is 0 Å². The largest absolute Gasteiger partial charge is 7.00 e. The number of carboxylic acids is 7. The maximum absolute atomic E-state index is 10.1. The number of aliphatic hydroxyl groups is 42. The molecule has 42 N–H and O–H groups in total. The third-order valence-corrected chi connectivity index (χ3v) is 12.9. The number of carbonyl (C=O) groups excluding carboxylic acids is 7. The van der Waals surface area contributed by atoms with Gasteiger partial charge in [-0.15, -0.1) is 0 Å². The zero-order valence-electron chi connectivity index (χ0n) is 53.5. The Kier molecular flexibility index (Phi) is 66.3. The summed E-state index contributed by atoms with van der Waals surface area (Å²) in [5, 5.41) is 442. The van der Waals surface area contributed by atoms with Gasteiger partial charge in [0.1, 0.15) is 214 Å². The Morgan fingerprint density at radius 3 is 0.264 bits per heavy atom. The molecule has 0 aliphatic carbocycles. The maximum atomic E-state index is 10.1.